The number of hydrogen-bond donors (Lipinski definition) is 1. The van der Waals surface area contributed by atoms with E-state index >= 15 is 0 Å². The van der Waals surface area contributed by atoms with Gasteiger partial charge in [0.25, 0.3) is 0 Å². The lowest BCUT2D eigenvalue weighted by molar-refractivity contribution is -0.134. The first-order chi connectivity index (χ1) is 15.0. The van der Waals surface area contributed by atoms with Crippen molar-refractivity contribution in [3.63, 3.8) is 0 Å². The molecule has 2 aliphatic heterocycles. The largest absolute Gasteiger partial charge is 0.444 e. The lowest BCUT2D eigenvalue weighted by Crippen LogP contribution is -2.72. The first kappa shape index (κ1) is 20.2. The van der Waals surface area contributed by atoms with Crippen LogP contribution in [0.2, 0.25) is 5.02 Å². The van der Waals surface area contributed by atoms with Crippen molar-refractivity contribution in [1.29, 1.82) is 0 Å². The van der Waals surface area contributed by atoms with Gasteiger partial charge >= 0.3 is 0 Å². The van der Waals surface area contributed by atoms with Crippen LogP contribution in [0.4, 0.5) is 10.1 Å². The van der Waals surface area contributed by atoms with Crippen molar-refractivity contribution in [3.8, 4) is 11.5 Å². The molecule has 1 N–H and O–H groups in total. The van der Waals surface area contributed by atoms with Gasteiger partial charge in [-0.25, -0.2) is 9.37 Å². The normalized spacial score (nSPS) is 17.9. The molecule has 0 saturated carbocycles. The predicted molar refractivity (Wildman–Crippen MR) is 116 cm³/mol. The summed E-state index contributed by atoms with van der Waals surface area (Å²) >= 11 is 5.83. The number of nitrogens with one attached hydrogen (secondary N) is 1. The fourth-order valence-electron chi connectivity index (χ4n) is 4.58. The van der Waals surface area contributed by atoms with Crippen molar-refractivity contribution in [1.82, 2.24) is 14.8 Å². The Morgan fingerprint density at radius 1 is 1.13 bits per heavy atom. The molecule has 3 aromatic rings. The predicted octanol–water partition coefficient (Wildman–Crippen LogP) is 3.89. The van der Waals surface area contributed by atoms with Crippen LogP contribution in [-0.2, 0) is 11.3 Å². The Morgan fingerprint density at radius 2 is 1.87 bits per heavy atom. The minimum Gasteiger partial charge on any atom is -0.444 e. The molecular formula is C23H22ClFN4O2. The van der Waals surface area contributed by atoms with Gasteiger partial charge in [0.1, 0.15) is 12.1 Å². The van der Waals surface area contributed by atoms with Crippen LogP contribution >= 0.6 is 11.6 Å². The number of aromatic nitrogens is 1. The number of likely N-dealkylation sites (tertiary alicyclic amines) is 2. The van der Waals surface area contributed by atoms with Crippen LogP contribution in [0.25, 0.3) is 11.5 Å². The van der Waals surface area contributed by atoms with Crippen LogP contribution in [0.1, 0.15) is 5.69 Å². The molecule has 2 saturated heterocycles. The zero-order valence-electron chi connectivity index (χ0n) is 16.9. The van der Waals surface area contributed by atoms with E-state index < -0.39 is 5.82 Å². The van der Waals surface area contributed by atoms with Gasteiger partial charge in [0, 0.05) is 54.4 Å². The van der Waals surface area contributed by atoms with E-state index in [0.717, 1.165) is 44.0 Å². The summed E-state index contributed by atoms with van der Waals surface area (Å²) < 4.78 is 19.0. The number of benzene rings is 2. The Hall–Kier alpha value is -2.74. The topological polar surface area (TPSA) is 61.6 Å². The number of carbonyl (C=O) groups excluding carboxylic acids is 1. The van der Waals surface area contributed by atoms with Crippen LogP contribution in [-0.4, -0.2) is 53.4 Å². The summed E-state index contributed by atoms with van der Waals surface area (Å²) in [5, 5.41) is 2.97. The second-order valence-corrected chi connectivity index (χ2v) is 8.94. The maximum absolute atomic E-state index is 13.4. The van der Waals surface area contributed by atoms with Crippen LogP contribution in [0.3, 0.4) is 0 Å². The molecule has 0 radical (unpaired) electrons. The van der Waals surface area contributed by atoms with Gasteiger partial charge in [0.05, 0.1) is 12.2 Å². The number of halogens is 2. The van der Waals surface area contributed by atoms with Crippen molar-refractivity contribution in [2.75, 3.05) is 38.0 Å². The van der Waals surface area contributed by atoms with E-state index in [-0.39, 0.29) is 16.3 Å². The molecule has 2 fully saturated rings. The molecule has 2 aliphatic rings. The number of hydrogen-bond acceptors (Lipinski definition) is 5. The number of oxazole rings is 1. The molecule has 6 nitrogen and oxygen atoms in total. The van der Waals surface area contributed by atoms with Gasteiger partial charge in [-0.3, -0.25) is 14.6 Å². The zero-order valence-corrected chi connectivity index (χ0v) is 17.6. The molecule has 0 bridgehead atoms. The standard InChI is InChI=1S/C23H22ClFN4O2/c24-17-6-18(25)8-19(7-17)26-21(30)10-29-14-23(15-29)12-28(13-23)9-20-11-31-22(27-20)16-4-2-1-3-5-16/h1-8,11H,9-10,12-15H2,(H,26,30). The van der Waals surface area contributed by atoms with Gasteiger partial charge in [0.2, 0.25) is 11.8 Å². The third kappa shape index (κ3) is 4.49. The molecule has 1 aromatic heterocycles. The molecule has 2 aromatic carbocycles. The van der Waals surface area contributed by atoms with Crippen LogP contribution < -0.4 is 5.32 Å². The Balaban J connectivity index is 1.06. The van der Waals surface area contributed by atoms with E-state index in [0.29, 0.717) is 18.1 Å². The van der Waals surface area contributed by atoms with Crippen LogP contribution in [0.15, 0.2) is 59.2 Å². The van der Waals surface area contributed by atoms with Crippen molar-refractivity contribution in [2.24, 2.45) is 5.41 Å². The first-order valence-electron chi connectivity index (χ1n) is 10.2. The maximum atomic E-state index is 13.4. The zero-order chi connectivity index (χ0) is 21.4. The van der Waals surface area contributed by atoms with Gasteiger partial charge < -0.3 is 9.73 Å². The molecule has 1 spiro atoms. The Bertz CT molecular complexity index is 1070. The molecule has 8 heteroatoms. The van der Waals surface area contributed by atoms with Crippen LogP contribution in [0, 0.1) is 11.2 Å². The lowest BCUT2D eigenvalue weighted by Gasteiger charge is -2.60. The minimum atomic E-state index is -0.469. The third-order valence-electron chi connectivity index (χ3n) is 5.71. The van der Waals surface area contributed by atoms with Crippen molar-refractivity contribution in [2.45, 2.75) is 6.54 Å². The summed E-state index contributed by atoms with van der Waals surface area (Å²) in [6.45, 7) is 4.79. The van der Waals surface area contributed by atoms with Crippen LogP contribution in [0.5, 0.6) is 0 Å². The monoisotopic (exact) mass is 440 g/mol. The minimum absolute atomic E-state index is 0.163. The highest BCUT2D eigenvalue weighted by molar-refractivity contribution is 6.30. The fourth-order valence-corrected chi connectivity index (χ4v) is 4.80. The quantitative estimate of drug-likeness (QED) is 0.630. The fraction of sp³-hybridized carbons (Fsp3) is 0.304. The molecule has 160 valence electrons. The summed E-state index contributed by atoms with van der Waals surface area (Å²) in [7, 11) is 0. The van der Waals surface area contributed by atoms with Gasteiger partial charge in [0.15, 0.2) is 0 Å². The Kier molecular flexibility index (Phi) is 5.25. The number of amides is 1. The number of anilines is 1. The van der Waals surface area contributed by atoms with Gasteiger partial charge in [-0.05, 0) is 30.3 Å². The molecule has 31 heavy (non-hydrogen) atoms. The van der Waals surface area contributed by atoms with E-state index in [1.54, 1.807) is 6.26 Å². The summed E-state index contributed by atoms with van der Waals surface area (Å²) in [6.07, 6.45) is 1.73. The average molecular weight is 441 g/mol. The number of rotatable bonds is 6. The van der Waals surface area contributed by atoms with E-state index in [1.165, 1.54) is 18.2 Å². The molecule has 1 amide bonds. The highest BCUT2D eigenvalue weighted by Crippen LogP contribution is 2.40. The van der Waals surface area contributed by atoms with E-state index in [4.69, 9.17) is 16.0 Å². The second-order valence-electron chi connectivity index (χ2n) is 8.51. The summed E-state index contributed by atoms with van der Waals surface area (Å²) in [6, 6.07) is 13.9. The Labute approximate surface area is 184 Å². The highest BCUT2D eigenvalue weighted by atomic mass is 35.5. The second kappa shape index (κ2) is 8.07. The molecule has 5 rings (SSSR count). The summed E-state index contributed by atoms with van der Waals surface area (Å²) in [5.74, 6) is 0.0123. The molecule has 0 aliphatic carbocycles. The SMILES string of the molecule is O=C(CN1CC2(C1)CN(Cc1coc(-c3ccccc3)n1)C2)Nc1cc(F)cc(Cl)c1. The summed E-state index contributed by atoms with van der Waals surface area (Å²) in [4.78, 5) is 21.3. The number of carbonyl (C=O) groups is 1. The van der Waals surface area contributed by atoms with E-state index in [2.05, 4.69) is 20.1 Å². The third-order valence-corrected chi connectivity index (χ3v) is 5.93. The van der Waals surface area contributed by atoms with Crippen molar-refractivity contribution < 1.29 is 13.6 Å². The van der Waals surface area contributed by atoms with Gasteiger partial charge in [-0.2, -0.15) is 0 Å². The van der Waals surface area contributed by atoms with Crippen molar-refractivity contribution >= 4 is 23.2 Å². The van der Waals surface area contributed by atoms with E-state index in [1.807, 2.05) is 30.3 Å². The number of nitrogens with zero attached hydrogens (tertiary/aromatic N) is 3. The van der Waals surface area contributed by atoms with Gasteiger partial charge in [-0.1, -0.05) is 29.8 Å². The molecule has 0 atom stereocenters. The first-order valence-corrected chi connectivity index (χ1v) is 10.5. The molecular weight excluding hydrogens is 419 g/mol. The van der Waals surface area contributed by atoms with Gasteiger partial charge in [-0.15, -0.1) is 0 Å². The van der Waals surface area contributed by atoms with Crippen molar-refractivity contribution in [3.05, 3.63) is 71.3 Å². The lowest BCUT2D eigenvalue weighted by atomic mass is 9.73. The average Bonchev–Trinajstić information content (AvgIpc) is 3.13. The smallest absolute Gasteiger partial charge is 0.238 e. The molecule has 0 unspecified atom stereocenters. The maximum Gasteiger partial charge on any atom is 0.238 e. The highest BCUT2D eigenvalue weighted by Gasteiger charge is 2.51. The molecule has 3 heterocycles. The summed E-state index contributed by atoms with van der Waals surface area (Å²) in [5.41, 5.74) is 2.54. The Morgan fingerprint density at radius 3 is 2.61 bits per heavy atom. The van der Waals surface area contributed by atoms with E-state index in [9.17, 15) is 9.18 Å².